The summed E-state index contributed by atoms with van der Waals surface area (Å²) in [6.07, 6.45) is 1.95. The highest BCUT2D eigenvalue weighted by Crippen LogP contribution is 2.21. The molecule has 76 valence electrons. The maximum Gasteiger partial charge on any atom is 0.329 e. The summed E-state index contributed by atoms with van der Waals surface area (Å²) < 4.78 is 10.7. The molecule has 0 aromatic rings. The van der Waals surface area contributed by atoms with Crippen molar-refractivity contribution in [3.8, 4) is 0 Å². The van der Waals surface area contributed by atoms with Crippen molar-refractivity contribution in [2.24, 2.45) is 0 Å². The van der Waals surface area contributed by atoms with E-state index in [9.17, 15) is 4.79 Å². The summed E-state index contributed by atoms with van der Waals surface area (Å²) in [5, 5.41) is 8.42. The summed E-state index contributed by atoms with van der Waals surface area (Å²) in [5.74, 6) is -0.910. The molecule has 1 rings (SSSR count). The SMILES string of the molecule is CC1CC(OCC(=O)O)CC(C)O1. The summed E-state index contributed by atoms with van der Waals surface area (Å²) in [6, 6.07) is 0. The summed E-state index contributed by atoms with van der Waals surface area (Å²) in [4.78, 5) is 10.2. The van der Waals surface area contributed by atoms with Gasteiger partial charge in [0.1, 0.15) is 6.61 Å². The van der Waals surface area contributed by atoms with Gasteiger partial charge in [0.2, 0.25) is 0 Å². The molecule has 0 aromatic carbocycles. The molecular formula is C9H16O4. The van der Waals surface area contributed by atoms with E-state index in [1.54, 1.807) is 0 Å². The number of hydrogen-bond acceptors (Lipinski definition) is 3. The van der Waals surface area contributed by atoms with Crippen LogP contribution in [0.4, 0.5) is 0 Å². The highest BCUT2D eigenvalue weighted by atomic mass is 16.5. The first-order valence-electron chi connectivity index (χ1n) is 4.56. The fraction of sp³-hybridized carbons (Fsp3) is 0.889. The first kappa shape index (κ1) is 10.5. The maximum atomic E-state index is 10.2. The predicted molar refractivity (Wildman–Crippen MR) is 46.6 cm³/mol. The topological polar surface area (TPSA) is 55.8 Å². The number of carboxylic acids is 1. The fourth-order valence-electron chi connectivity index (χ4n) is 1.67. The van der Waals surface area contributed by atoms with Crippen LogP contribution < -0.4 is 0 Å². The van der Waals surface area contributed by atoms with Crippen LogP contribution in [0.3, 0.4) is 0 Å². The van der Waals surface area contributed by atoms with Crippen molar-refractivity contribution in [2.75, 3.05) is 6.61 Å². The van der Waals surface area contributed by atoms with Crippen LogP contribution in [0.5, 0.6) is 0 Å². The van der Waals surface area contributed by atoms with E-state index >= 15 is 0 Å². The lowest BCUT2D eigenvalue weighted by Gasteiger charge is -2.31. The number of carboxylic acid groups (broad SMARTS) is 1. The van der Waals surface area contributed by atoms with Crippen LogP contribution in [0, 0.1) is 0 Å². The van der Waals surface area contributed by atoms with Gasteiger partial charge < -0.3 is 14.6 Å². The first-order valence-corrected chi connectivity index (χ1v) is 4.56. The molecule has 13 heavy (non-hydrogen) atoms. The molecule has 0 bridgehead atoms. The van der Waals surface area contributed by atoms with Gasteiger partial charge in [-0.3, -0.25) is 0 Å². The van der Waals surface area contributed by atoms with Gasteiger partial charge in [-0.2, -0.15) is 0 Å². The van der Waals surface area contributed by atoms with E-state index in [2.05, 4.69) is 0 Å². The van der Waals surface area contributed by atoms with Gasteiger partial charge in [0.25, 0.3) is 0 Å². The van der Waals surface area contributed by atoms with E-state index in [-0.39, 0.29) is 24.9 Å². The normalized spacial score (nSPS) is 34.5. The van der Waals surface area contributed by atoms with Crippen LogP contribution in [-0.4, -0.2) is 36.0 Å². The molecule has 0 spiro atoms. The van der Waals surface area contributed by atoms with Gasteiger partial charge in [0.15, 0.2) is 0 Å². The van der Waals surface area contributed by atoms with Crippen molar-refractivity contribution >= 4 is 5.97 Å². The van der Waals surface area contributed by atoms with Crippen molar-refractivity contribution in [1.82, 2.24) is 0 Å². The number of ether oxygens (including phenoxy) is 2. The predicted octanol–water partition coefficient (Wildman–Crippen LogP) is 1.04. The molecule has 1 aliphatic rings. The van der Waals surface area contributed by atoms with Gasteiger partial charge in [0.05, 0.1) is 18.3 Å². The van der Waals surface area contributed by atoms with Crippen LogP contribution >= 0.6 is 0 Å². The lowest BCUT2D eigenvalue weighted by atomic mass is 10.0. The molecule has 1 fully saturated rings. The molecule has 0 saturated carbocycles. The minimum absolute atomic E-state index is 0.0369. The Balaban J connectivity index is 2.28. The molecule has 0 radical (unpaired) electrons. The third kappa shape index (κ3) is 3.74. The molecule has 1 heterocycles. The summed E-state index contributed by atoms with van der Waals surface area (Å²) in [5.41, 5.74) is 0. The number of hydrogen-bond donors (Lipinski definition) is 1. The maximum absolute atomic E-state index is 10.2. The molecule has 1 N–H and O–H groups in total. The van der Waals surface area contributed by atoms with Gasteiger partial charge in [-0.05, 0) is 26.7 Å². The Labute approximate surface area is 77.8 Å². The van der Waals surface area contributed by atoms with Gasteiger partial charge in [-0.1, -0.05) is 0 Å². The summed E-state index contributed by atoms with van der Waals surface area (Å²) in [6.45, 7) is 3.75. The Morgan fingerprint density at radius 3 is 2.46 bits per heavy atom. The Kier molecular flexibility index (Phi) is 3.69. The smallest absolute Gasteiger partial charge is 0.329 e. The molecule has 0 amide bonds. The lowest BCUT2D eigenvalue weighted by molar-refractivity contribution is -0.150. The Bertz CT molecular complexity index is 170. The van der Waals surface area contributed by atoms with E-state index in [1.165, 1.54) is 0 Å². The molecule has 2 atom stereocenters. The second kappa shape index (κ2) is 4.58. The highest BCUT2D eigenvalue weighted by molar-refractivity contribution is 5.68. The Morgan fingerprint density at radius 2 is 2.00 bits per heavy atom. The highest BCUT2D eigenvalue weighted by Gasteiger charge is 2.25. The summed E-state index contributed by atoms with van der Waals surface area (Å²) >= 11 is 0. The van der Waals surface area contributed by atoms with Gasteiger partial charge in [0, 0.05) is 0 Å². The number of rotatable bonds is 3. The van der Waals surface area contributed by atoms with Gasteiger partial charge >= 0.3 is 5.97 Å². The number of carbonyl (C=O) groups is 1. The van der Waals surface area contributed by atoms with Crippen LogP contribution in [0.25, 0.3) is 0 Å². The molecule has 2 unspecified atom stereocenters. The third-order valence-electron chi connectivity index (χ3n) is 2.10. The van der Waals surface area contributed by atoms with Gasteiger partial charge in [-0.25, -0.2) is 4.79 Å². The van der Waals surface area contributed by atoms with E-state index in [0.29, 0.717) is 0 Å². The monoisotopic (exact) mass is 188 g/mol. The average Bonchev–Trinajstić information content (AvgIpc) is 1.99. The van der Waals surface area contributed by atoms with Crippen LogP contribution in [0.2, 0.25) is 0 Å². The van der Waals surface area contributed by atoms with Crippen LogP contribution in [0.15, 0.2) is 0 Å². The largest absolute Gasteiger partial charge is 0.480 e. The van der Waals surface area contributed by atoms with E-state index < -0.39 is 5.97 Å². The molecule has 0 aromatic heterocycles. The Morgan fingerprint density at radius 1 is 1.46 bits per heavy atom. The van der Waals surface area contributed by atoms with Crippen LogP contribution in [-0.2, 0) is 14.3 Å². The minimum atomic E-state index is -0.910. The molecule has 1 aliphatic heterocycles. The van der Waals surface area contributed by atoms with Crippen LogP contribution in [0.1, 0.15) is 26.7 Å². The van der Waals surface area contributed by atoms with Crippen molar-refractivity contribution in [2.45, 2.75) is 45.0 Å². The fourth-order valence-corrected chi connectivity index (χ4v) is 1.67. The van der Waals surface area contributed by atoms with Gasteiger partial charge in [-0.15, -0.1) is 0 Å². The zero-order valence-electron chi connectivity index (χ0n) is 8.03. The average molecular weight is 188 g/mol. The third-order valence-corrected chi connectivity index (χ3v) is 2.10. The standard InChI is InChI=1S/C9H16O4/c1-6-3-8(4-7(2)13-6)12-5-9(10)11/h6-8H,3-5H2,1-2H3,(H,10,11). The first-order chi connectivity index (χ1) is 6.08. The van der Waals surface area contributed by atoms with Crippen molar-refractivity contribution in [1.29, 1.82) is 0 Å². The molecular weight excluding hydrogens is 172 g/mol. The van der Waals surface area contributed by atoms with E-state index in [0.717, 1.165) is 12.8 Å². The second-order valence-electron chi connectivity index (χ2n) is 3.56. The zero-order chi connectivity index (χ0) is 9.84. The molecule has 4 heteroatoms. The summed E-state index contributed by atoms with van der Waals surface area (Å²) in [7, 11) is 0. The van der Waals surface area contributed by atoms with Crippen molar-refractivity contribution in [3.63, 3.8) is 0 Å². The van der Waals surface area contributed by atoms with E-state index in [4.69, 9.17) is 14.6 Å². The minimum Gasteiger partial charge on any atom is -0.480 e. The van der Waals surface area contributed by atoms with Crippen molar-refractivity contribution in [3.05, 3.63) is 0 Å². The molecule has 1 saturated heterocycles. The molecule has 4 nitrogen and oxygen atoms in total. The quantitative estimate of drug-likeness (QED) is 0.719. The van der Waals surface area contributed by atoms with E-state index in [1.807, 2.05) is 13.8 Å². The lowest BCUT2D eigenvalue weighted by Crippen LogP contribution is -2.35. The zero-order valence-corrected chi connectivity index (χ0v) is 8.03. The Hall–Kier alpha value is -0.610. The number of aliphatic carboxylic acids is 1. The molecule has 0 aliphatic carbocycles. The second-order valence-corrected chi connectivity index (χ2v) is 3.56. The van der Waals surface area contributed by atoms with Crippen molar-refractivity contribution < 1.29 is 19.4 Å².